The topological polar surface area (TPSA) is 59.4 Å². The molecule has 1 N–H and O–H groups in total. The fourth-order valence-electron chi connectivity index (χ4n) is 2.23. The van der Waals surface area contributed by atoms with Crippen LogP contribution in [0, 0.1) is 6.92 Å². The number of hydrogen-bond acceptors (Lipinski definition) is 3. The molecule has 0 fully saturated rings. The van der Waals surface area contributed by atoms with Crippen molar-refractivity contribution >= 4 is 17.6 Å². The van der Waals surface area contributed by atoms with Gasteiger partial charge in [-0.15, -0.1) is 0 Å². The number of rotatable bonds is 5. The minimum absolute atomic E-state index is 0.247. The lowest BCUT2D eigenvalue weighted by molar-refractivity contribution is -0.133. The Balaban J connectivity index is 2.41. The maximum absolute atomic E-state index is 11.4. The number of hydrogen-bond donors (Lipinski definition) is 1. The Morgan fingerprint density at radius 2 is 2.04 bits per heavy atom. The number of nitrogens with zero attached hydrogens (tertiary/aromatic N) is 1. The molecule has 1 heterocycles. The fourth-order valence-corrected chi connectivity index (χ4v) is 2.34. The average Bonchev–Trinajstić information content (AvgIpc) is 2.54. The van der Waals surface area contributed by atoms with Crippen LogP contribution in [-0.2, 0) is 16.0 Å². The molecule has 0 atom stereocenters. The number of aryl methyl sites for hydroxylation is 1. The van der Waals surface area contributed by atoms with Crippen molar-refractivity contribution in [3.8, 4) is 11.3 Å². The zero-order valence-electron chi connectivity index (χ0n) is 13.3. The number of aromatic nitrogens is 1. The largest absolute Gasteiger partial charge is 0.501 e. The molecule has 0 spiro atoms. The predicted octanol–water partition coefficient (Wildman–Crippen LogP) is 4.26. The molecule has 0 bridgehead atoms. The zero-order valence-corrected chi connectivity index (χ0v) is 14.0. The first-order valence-corrected chi connectivity index (χ1v) is 7.48. The van der Waals surface area contributed by atoms with E-state index in [4.69, 9.17) is 16.3 Å². The number of pyridine rings is 1. The zero-order chi connectivity index (χ0) is 17.0. The highest BCUT2D eigenvalue weighted by Gasteiger charge is 2.15. The summed E-state index contributed by atoms with van der Waals surface area (Å²) in [6.07, 6.45) is 1.89. The predicted molar refractivity (Wildman–Crippen MR) is 90.5 cm³/mol. The first kappa shape index (κ1) is 17.0. The molecule has 2 rings (SSSR count). The second kappa shape index (κ2) is 7.29. The van der Waals surface area contributed by atoms with Crippen molar-refractivity contribution in [1.29, 1.82) is 0 Å². The molecule has 1 aromatic carbocycles. The minimum atomic E-state index is -0.973. The maximum Gasteiger partial charge on any atom is 0.335 e. The molecule has 0 aliphatic heterocycles. The maximum atomic E-state index is 11.4. The van der Waals surface area contributed by atoms with Crippen LogP contribution in [0.25, 0.3) is 11.3 Å². The Labute approximate surface area is 140 Å². The van der Waals surface area contributed by atoms with Gasteiger partial charge in [-0.2, -0.15) is 0 Å². The molecule has 1 aromatic heterocycles. The number of methoxy groups -OCH3 is 1. The van der Waals surface area contributed by atoms with Crippen LogP contribution in [-0.4, -0.2) is 23.2 Å². The Morgan fingerprint density at radius 1 is 1.30 bits per heavy atom. The van der Waals surface area contributed by atoms with Gasteiger partial charge < -0.3 is 9.84 Å². The first-order chi connectivity index (χ1) is 10.9. The van der Waals surface area contributed by atoms with E-state index in [0.29, 0.717) is 17.2 Å². The van der Waals surface area contributed by atoms with Crippen molar-refractivity contribution in [2.45, 2.75) is 20.3 Å². The van der Waals surface area contributed by atoms with Crippen LogP contribution in [0.1, 0.15) is 18.1 Å². The Hall–Kier alpha value is -2.33. The van der Waals surface area contributed by atoms with Gasteiger partial charge in [0.15, 0.2) is 0 Å². The van der Waals surface area contributed by atoms with Crippen LogP contribution in [0.5, 0.6) is 0 Å². The van der Waals surface area contributed by atoms with Gasteiger partial charge in [-0.25, -0.2) is 4.79 Å². The summed E-state index contributed by atoms with van der Waals surface area (Å²) < 4.78 is 5.09. The van der Waals surface area contributed by atoms with Crippen LogP contribution in [0.3, 0.4) is 0 Å². The van der Waals surface area contributed by atoms with Crippen LogP contribution in [0.15, 0.2) is 47.9 Å². The second-order valence-corrected chi connectivity index (χ2v) is 5.66. The molecule has 120 valence electrons. The van der Waals surface area contributed by atoms with Gasteiger partial charge in [0.2, 0.25) is 0 Å². The van der Waals surface area contributed by atoms with Crippen molar-refractivity contribution in [3.05, 3.63) is 64.0 Å². The van der Waals surface area contributed by atoms with Crippen molar-refractivity contribution in [3.63, 3.8) is 0 Å². The lowest BCUT2D eigenvalue weighted by atomic mass is 9.96. The van der Waals surface area contributed by atoms with E-state index in [1.54, 1.807) is 19.2 Å². The van der Waals surface area contributed by atoms with E-state index in [2.05, 4.69) is 4.98 Å². The van der Waals surface area contributed by atoms with Gasteiger partial charge in [0, 0.05) is 18.2 Å². The Bertz CT molecular complexity index is 751. The molecule has 0 aliphatic rings. The van der Waals surface area contributed by atoms with E-state index in [1.165, 1.54) is 7.11 Å². The summed E-state index contributed by atoms with van der Waals surface area (Å²) in [6, 6.07) is 9.49. The molecule has 0 unspecified atom stereocenters. The lowest BCUT2D eigenvalue weighted by Crippen LogP contribution is -2.08. The molecule has 23 heavy (non-hydrogen) atoms. The summed E-state index contributed by atoms with van der Waals surface area (Å²) >= 11 is 5.86. The number of carboxylic acids is 1. The molecule has 0 saturated carbocycles. The smallest absolute Gasteiger partial charge is 0.335 e. The number of carbonyl (C=O) groups is 1. The number of carboxylic acid groups (broad SMARTS) is 1. The molecular formula is C18H18ClNO3. The quantitative estimate of drug-likeness (QED) is 0.657. The third kappa shape index (κ3) is 4.11. The summed E-state index contributed by atoms with van der Waals surface area (Å²) in [6.45, 7) is 3.61. The number of allylic oxidation sites excluding steroid dienone is 1. The highest BCUT2D eigenvalue weighted by atomic mass is 35.5. The van der Waals surface area contributed by atoms with Gasteiger partial charge in [-0.3, -0.25) is 4.98 Å². The molecule has 2 aromatic rings. The highest BCUT2D eigenvalue weighted by Crippen LogP contribution is 2.24. The van der Waals surface area contributed by atoms with E-state index < -0.39 is 5.97 Å². The molecule has 0 amide bonds. The summed E-state index contributed by atoms with van der Waals surface area (Å²) in [7, 11) is 1.47. The van der Waals surface area contributed by atoms with Crippen molar-refractivity contribution < 1.29 is 14.6 Å². The number of halogens is 1. The number of aliphatic carboxylic acids is 1. The van der Waals surface area contributed by atoms with Crippen molar-refractivity contribution in [1.82, 2.24) is 4.98 Å². The molecule has 0 saturated heterocycles. The SMILES string of the molecule is COC(C)=C(Cc1cc(-c2ccc(Cl)cn2)ccc1C)C(=O)O. The van der Waals surface area contributed by atoms with E-state index in [1.807, 2.05) is 31.2 Å². The van der Waals surface area contributed by atoms with Gasteiger partial charge in [0.25, 0.3) is 0 Å². The minimum Gasteiger partial charge on any atom is -0.501 e. The monoisotopic (exact) mass is 331 g/mol. The van der Waals surface area contributed by atoms with Gasteiger partial charge in [0.05, 0.1) is 23.4 Å². The van der Waals surface area contributed by atoms with E-state index in [0.717, 1.165) is 22.4 Å². The Kier molecular flexibility index (Phi) is 5.40. The van der Waals surface area contributed by atoms with E-state index >= 15 is 0 Å². The first-order valence-electron chi connectivity index (χ1n) is 7.11. The second-order valence-electron chi connectivity index (χ2n) is 5.22. The Morgan fingerprint density at radius 3 is 2.61 bits per heavy atom. The molecule has 0 radical (unpaired) electrons. The third-order valence-corrected chi connectivity index (χ3v) is 3.95. The summed E-state index contributed by atoms with van der Waals surface area (Å²) in [4.78, 5) is 15.7. The molecular weight excluding hydrogens is 314 g/mol. The van der Waals surface area contributed by atoms with Crippen molar-refractivity contribution in [2.75, 3.05) is 7.11 Å². The molecule has 0 aliphatic carbocycles. The summed E-state index contributed by atoms with van der Waals surface area (Å²) in [5, 5.41) is 9.96. The average molecular weight is 332 g/mol. The molecule has 4 nitrogen and oxygen atoms in total. The van der Waals surface area contributed by atoms with Gasteiger partial charge in [-0.1, -0.05) is 23.7 Å². The molecule has 5 heteroatoms. The normalized spacial score (nSPS) is 11.8. The van der Waals surface area contributed by atoms with E-state index in [-0.39, 0.29) is 5.57 Å². The lowest BCUT2D eigenvalue weighted by Gasteiger charge is -2.11. The van der Waals surface area contributed by atoms with Gasteiger partial charge in [-0.05, 0) is 43.2 Å². The third-order valence-electron chi connectivity index (χ3n) is 3.73. The van der Waals surface area contributed by atoms with Crippen LogP contribution in [0.4, 0.5) is 0 Å². The van der Waals surface area contributed by atoms with Crippen molar-refractivity contribution in [2.24, 2.45) is 0 Å². The van der Waals surface area contributed by atoms with Gasteiger partial charge in [0.1, 0.15) is 5.76 Å². The summed E-state index contributed by atoms with van der Waals surface area (Å²) in [5.41, 5.74) is 3.90. The van der Waals surface area contributed by atoms with Crippen LogP contribution in [0.2, 0.25) is 5.02 Å². The standard InChI is InChI=1S/C18H18ClNO3/c1-11-4-5-13(17-7-6-15(19)10-20-17)8-14(11)9-16(18(21)22)12(2)23-3/h4-8,10H,9H2,1-3H3,(H,21,22). The van der Waals surface area contributed by atoms with Crippen LogP contribution < -0.4 is 0 Å². The summed E-state index contributed by atoms with van der Waals surface area (Å²) in [5.74, 6) is -0.564. The fraction of sp³-hybridized carbons (Fsp3) is 0.222. The van der Waals surface area contributed by atoms with Gasteiger partial charge >= 0.3 is 5.97 Å². The highest BCUT2D eigenvalue weighted by molar-refractivity contribution is 6.30. The van der Waals surface area contributed by atoms with Crippen LogP contribution >= 0.6 is 11.6 Å². The number of benzene rings is 1. The number of ether oxygens (including phenoxy) is 1. The van der Waals surface area contributed by atoms with E-state index in [9.17, 15) is 9.90 Å².